The quantitative estimate of drug-likeness (QED) is 0.453. The number of hydrogen-bond donors (Lipinski definition) is 0. The van der Waals surface area contributed by atoms with Crippen LogP contribution in [-0.4, -0.2) is 0 Å². The summed E-state index contributed by atoms with van der Waals surface area (Å²) in [6.07, 6.45) is 19.3. The number of allylic oxidation sites excluding steroid dienone is 8. The largest absolute Gasteiger partial charge is 4.00 e. The van der Waals surface area contributed by atoms with Gasteiger partial charge in [0.1, 0.15) is 0 Å². The fraction of sp³-hybridized carbons (Fsp3) is 0.375. The molecule has 0 aromatic carbocycles. The Morgan fingerprint density at radius 2 is 1.24 bits per heavy atom. The minimum Gasteiger partial charge on any atom is -0.358 e. The molecule has 0 fully saturated rings. The Kier molecular flexibility index (Phi) is 18.0. The molecule has 1 heteroatoms. The normalized spacial score (nSPS) is 14.5. The van der Waals surface area contributed by atoms with Gasteiger partial charge in [0.05, 0.1) is 0 Å². The van der Waals surface area contributed by atoms with Crippen LogP contribution in [0, 0.1) is 27.0 Å². The van der Waals surface area contributed by atoms with Gasteiger partial charge < -0.3 is 14.9 Å². The summed E-state index contributed by atoms with van der Waals surface area (Å²) in [6.45, 7) is 4.30. The summed E-state index contributed by atoms with van der Waals surface area (Å²) < 4.78 is 0. The van der Waals surface area contributed by atoms with Crippen LogP contribution in [-0.2, 0) is 25.8 Å². The first kappa shape index (κ1) is 22.0. The Balaban J connectivity index is -0.000000196. The minimum absolute atomic E-state index is 0. The van der Waals surface area contributed by atoms with Gasteiger partial charge in [0.2, 0.25) is 0 Å². The van der Waals surface area contributed by atoms with Gasteiger partial charge in [0.25, 0.3) is 0 Å². The molecule has 0 aliphatic heterocycles. The third-order valence-electron chi connectivity index (χ3n) is 2.29. The molecule has 2 rings (SSSR count). The van der Waals surface area contributed by atoms with Crippen LogP contribution in [0.25, 0.3) is 0 Å². The zero-order chi connectivity index (χ0) is 10.2. The molecule has 0 radical (unpaired) electrons. The summed E-state index contributed by atoms with van der Waals surface area (Å²) in [5.74, 6) is 0. The van der Waals surface area contributed by atoms with Crippen molar-refractivity contribution in [3.8, 4) is 0 Å². The van der Waals surface area contributed by atoms with Crippen LogP contribution in [0.15, 0.2) is 35.5 Å². The molecule has 2 aliphatic rings. The first-order valence-corrected chi connectivity index (χ1v) is 5.39. The molecule has 0 heterocycles. The standard InChI is InChI=1S/2C7H9.2CH3.Hf/c2*1-2-7-5-3-4-6-7;;;/h2*3,5H,2,4H2,1H3;2*1H3;/q4*-1;+4. The van der Waals surface area contributed by atoms with Crippen LogP contribution in [0.2, 0.25) is 0 Å². The van der Waals surface area contributed by atoms with E-state index in [-0.39, 0.29) is 40.7 Å². The third-order valence-corrected chi connectivity index (χ3v) is 2.29. The van der Waals surface area contributed by atoms with E-state index in [0.717, 1.165) is 25.7 Å². The van der Waals surface area contributed by atoms with Gasteiger partial charge in [-0.25, -0.2) is 23.3 Å². The van der Waals surface area contributed by atoms with Crippen molar-refractivity contribution in [2.75, 3.05) is 0 Å². The number of hydrogen-bond acceptors (Lipinski definition) is 0. The van der Waals surface area contributed by atoms with Crippen molar-refractivity contribution in [2.24, 2.45) is 0 Å². The van der Waals surface area contributed by atoms with Gasteiger partial charge >= 0.3 is 25.8 Å². The Morgan fingerprint density at radius 3 is 1.35 bits per heavy atom. The molecule has 17 heavy (non-hydrogen) atoms. The van der Waals surface area contributed by atoms with Gasteiger partial charge in [-0.05, 0) is 0 Å². The van der Waals surface area contributed by atoms with E-state index >= 15 is 0 Å². The van der Waals surface area contributed by atoms with E-state index in [2.05, 4.69) is 50.3 Å². The second-order valence-corrected chi connectivity index (χ2v) is 3.32. The molecule has 0 amide bonds. The maximum absolute atomic E-state index is 3.21. The van der Waals surface area contributed by atoms with E-state index in [4.69, 9.17) is 0 Å². The van der Waals surface area contributed by atoms with Gasteiger partial charge in [-0.1, -0.05) is 26.7 Å². The van der Waals surface area contributed by atoms with Gasteiger partial charge in [-0.3, -0.25) is 12.2 Å². The SMILES string of the molecule is CCC1=[C-]CC=C1.CCC1=[C-]CC=C1.[CH3-].[CH3-].[Hf+4]. The Hall–Kier alpha value is -0.170. The second kappa shape index (κ2) is 13.9. The smallest absolute Gasteiger partial charge is 0.358 e. The summed E-state index contributed by atoms with van der Waals surface area (Å²) >= 11 is 0. The van der Waals surface area contributed by atoms with Crippen LogP contribution in [0.5, 0.6) is 0 Å². The molecule has 0 unspecified atom stereocenters. The minimum atomic E-state index is 0. The van der Waals surface area contributed by atoms with E-state index in [9.17, 15) is 0 Å². The van der Waals surface area contributed by atoms with Crippen LogP contribution in [0.4, 0.5) is 0 Å². The average molecular weight is 395 g/mol. The van der Waals surface area contributed by atoms with Crippen molar-refractivity contribution in [1.29, 1.82) is 0 Å². The summed E-state index contributed by atoms with van der Waals surface area (Å²) in [5, 5.41) is 0. The third kappa shape index (κ3) is 9.52. The van der Waals surface area contributed by atoms with Crippen molar-refractivity contribution in [3.05, 3.63) is 62.5 Å². The van der Waals surface area contributed by atoms with Gasteiger partial charge in [0.15, 0.2) is 0 Å². The number of rotatable bonds is 2. The van der Waals surface area contributed by atoms with Crippen molar-refractivity contribution >= 4 is 0 Å². The first-order valence-electron chi connectivity index (χ1n) is 5.39. The Morgan fingerprint density at radius 1 is 0.882 bits per heavy atom. The van der Waals surface area contributed by atoms with Crippen molar-refractivity contribution in [3.63, 3.8) is 0 Å². The Bertz CT molecular complexity index is 250. The monoisotopic (exact) mass is 396 g/mol. The maximum Gasteiger partial charge on any atom is 4.00 e. The van der Waals surface area contributed by atoms with Crippen molar-refractivity contribution in [1.82, 2.24) is 0 Å². The predicted octanol–water partition coefficient (Wildman–Crippen LogP) is 5.07. The van der Waals surface area contributed by atoms with E-state index in [1.165, 1.54) is 11.1 Å². The van der Waals surface area contributed by atoms with E-state index < -0.39 is 0 Å². The molecule has 0 saturated heterocycles. The molecular formula is C16H24Hf. The van der Waals surface area contributed by atoms with Crippen molar-refractivity contribution in [2.45, 2.75) is 39.5 Å². The maximum atomic E-state index is 3.21. The van der Waals surface area contributed by atoms with E-state index in [1.54, 1.807) is 0 Å². The fourth-order valence-electron chi connectivity index (χ4n) is 1.39. The molecule has 92 valence electrons. The van der Waals surface area contributed by atoms with Crippen LogP contribution < -0.4 is 0 Å². The molecule has 0 saturated carbocycles. The van der Waals surface area contributed by atoms with Crippen LogP contribution >= 0.6 is 0 Å². The molecule has 0 nitrogen and oxygen atoms in total. The molecule has 2 aliphatic carbocycles. The Labute approximate surface area is 127 Å². The second-order valence-electron chi connectivity index (χ2n) is 3.32. The average Bonchev–Trinajstić information content (AvgIpc) is 2.92. The molecular weight excluding hydrogens is 371 g/mol. The zero-order valence-corrected chi connectivity index (χ0v) is 15.2. The topological polar surface area (TPSA) is 0 Å². The van der Waals surface area contributed by atoms with Gasteiger partial charge in [-0.15, -0.1) is 12.8 Å². The summed E-state index contributed by atoms with van der Waals surface area (Å²) in [5.41, 5.74) is 2.72. The predicted molar refractivity (Wildman–Crippen MR) is 74.4 cm³/mol. The molecule has 0 N–H and O–H groups in total. The summed E-state index contributed by atoms with van der Waals surface area (Å²) in [6, 6.07) is 0. The van der Waals surface area contributed by atoms with Gasteiger partial charge in [-0.2, -0.15) is 12.2 Å². The first-order chi connectivity index (χ1) is 6.86. The summed E-state index contributed by atoms with van der Waals surface area (Å²) in [7, 11) is 0. The fourth-order valence-corrected chi connectivity index (χ4v) is 1.39. The van der Waals surface area contributed by atoms with Gasteiger partial charge in [0, 0.05) is 0 Å². The molecule has 0 aromatic rings. The van der Waals surface area contributed by atoms with E-state index in [1.807, 2.05) is 0 Å². The zero-order valence-electron chi connectivity index (χ0n) is 11.6. The van der Waals surface area contributed by atoms with Crippen LogP contribution in [0.1, 0.15) is 39.5 Å². The van der Waals surface area contributed by atoms with Crippen molar-refractivity contribution < 1.29 is 25.8 Å². The molecule has 0 atom stereocenters. The van der Waals surface area contributed by atoms with E-state index in [0.29, 0.717) is 0 Å². The molecule has 0 aromatic heterocycles. The molecule has 0 bridgehead atoms. The molecule has 0 spiro atoms. The summed E-state index contributed by atoms with van der Waals surface area (Å²) in [4.78, 5) is 0. The van der Waals surface area contributed by atoms with Crippen LogP contribution in [0.3, 0.4) is 0 Å².